The minimum Gasteiger partial charge on any atom is -0.352 e. The van der Waals surface area contributed by atoms with E-state index in [1.54, 1.807) is 17.5 Å². The summed E-state index contributed by atoms with van der Waals surface area (Å²) in [6.45, 7) is 0.496. The fourth-order valence-electron chi connectivity index (χ4n) is 1.99. The molecule has 100 valence electrons. The van der Waals surface area contributed by atoms with E-state index in [9.17, 15) is 4.79 Å². The van der Waals surface area contributed by atoms with E-state index in [0.717, 1.165) is 15.8 Å². The number of rotatable bonds is 3. The third-order valence-corrected chi connectivity index (χ3v) is 4.33. The van der Waals surface area contributed by atoms with Gasteiger partial charge in [0.1, 0.15) is 4.83 Å². The molecule has 2 aromatic heterocycles. The van der Waals surface area contributed by atoms with Crippen LogP contribution in [0.5, 0.6) is 0 Å². The van der Waals surface area contributed by atoms with Gasteiger partial charge in [-0.3, -0.25) is 4.79 Å². The van der Waals surface area contributed by atoms with Crippen molar-refractivity contribution >= 4 is 39.7 Å². The van der Waals surface area contributed by atoms with E-state index < -0.39 is 0 Å². The average Bonchev–Trinajstić information content (AvgIpc) is 2.96. The lowest BCUT2D eigenvalue weighted by molar-refractivity contribution is 0.0950. The van der Waals surface area contributed by atoms with Gasteiger partial charge in [0.15, 0.2) is 0 Å². The number of benzene rings is 1. The zero-order valence-corrected chi connectivity index (χ0v) is 12.2. The highest BCUT2D eigenvalue weighted by molar-refractivity contribution is 7.71. The van der Waals surface area contributed by atoms with Gasteiger partial charge in [0.2, 0.25) is 0 Å². The van der Waals surface area contributed by atoms with Gasteiger partial charge >= 0.3 is 0 Å². The molecule has 0 atom stereocenters. The van der Waals surface area contributed by atoms with Crippen LogP contribution in [-0.2, 0) is 6.54 Å². The van der Waals surface area contributed by atoms with Gasteiger partial charge in [-0.15, -0.1) is 11.3 Å². The number of H-pyrrole nitrogens is 1. The number of aromatic nitrogens is 1. The number of carbonyl (C=O) groups is 1. The molecular formula is C15H12N2OS2. The quantitative estimate of drug-likeness (QED) is 0.721. The van der Waals surface area contributed by atoms with Crippen molar-refractivity contribution in [2.24, 2.45) is 0 Å². The first-order valence-corrected chi connectivity index (χ1v) is 7.45. The molecule has 0 spiro atoms. The van der Waals surface area contributed by atoms with Crippen LogP contribution >= 0.6 is 23.6 Å². The number of thiophene rings is 1. The van der Waals surface area contributed by atoms with E-state index >= 15 is 0 Å². The molecule has 2 heterocycles. The summed E-state index contributed by atoms with van der Waals surface area (Å²) in [4.78, 5) is 16.3. The summed E-state index contributed by atoms with van der Waals surface area (Å²) in [5, 5.41) is 5.78. The van der Waals surface area contributed by atoms with Crippen LogP contribution in [0.3, 0.4) is 0 Å². The van der Waals surface area contributed by atoms with E-state index in [1.807, 2.05) is 41.8 Å². The monoisotopic (exact) mass is 300 g/mol. The molecule has 0 aliphatic carbocycles. The van der Waals surface area contributed by atoms with Crippen LogP contribution < -0.4 is 5.32 Å². The predicted molar refractivity (Wildman–Crippen MR) is 84.6 cm³/mol. The van der Waals surface area contributed by atoms with Gasteiger partial charge in [-0.05, 0) is 17.0 Å². The molecule has 20 heavy (non-hydrogen) atoms. The summed E-state index contributed by atoms with van der Waals surface area (Å²) in [7, 11) is 0. The molecular weight excluding hydrogens is 288 g/mol. The Morgan fingerprint density at radius 3 is 2.85 bits per heavy atom. The molecule has 0 saturated heterocycles. The normalized spacial score (nSPS) is 10.6. The molecule has 0 fully saturated rings. The van der Waals surface area contributed by atoms with Gasteiger partial charge in [0, 0.05) is 18.1 Å². The number of hydrogen-bond acceptors (Lipinski definition) is 3. The third-order valence-electron chi connectivity index (χ3n) is 3.04. The van der Waals surface area contributed by atoms with Crippen molar-refractivity contribution in [1.29, 1.82) is 0 Å². The Kier molecular flexibility index (Phi) is 3.62. The second-order valence-corrected chi connectivity index (χ2v) is 5.69. The minimum absolute atomic E-state index is 0.150. The minimum atomic E-state index is -0.150. The van der Waals surface area contributed by atoms with E-state index in [4.69, 9.17) is 12.2 Å². The van der Waals surface area contributed by atoms with Gasteiger partial charge in [-0.2, -0.15) is 0 Å². The number of hydrogen-bond donors (Lipinski definition) is 2. The Bertz CT molecular complexity index is 805. The van der Waals surface area contributed by atoms with E-state index in [2.05, 4.69) is 10.3 Å². The van der Waals surface area contributed by atoms with Crippen LogP contribution in [0, 0.1) is 4.51 Å². The molecule has 0 bridgehead atoms. The fourth-order valence-corrected chi connectivity index (χ4v) is 3.14. The second kappa shape index (κ2) is 5.56. The van der Waals surface area contributed by atoms with Crippen LogP contribution in [0.1, 0.15) is 15.9 Å². The van der Waals surface area contributed by atoms with Crippen molar-refractivity contribution in [3.63, 3.8) is 0 Å². The SMILES string of the molecule is O=C(NCc1ccccc1)c1c[nH]c2sccc2c1=S. The van der Waals surface area contributed by atoms with E-state index in [1.165, 1.54) is 0 Å². The first-order chi connectivity index (χ1) is 9.75. The summed E-state index contributed by atoms with van der Waals surface area (Å²) in [5.74, 6) is -0.150. The maximum Gasteiger partial charge on any atom is 0.254 e. The number of fused-ring (bicyclic) bond motifs is 1. The Morgan fingerprint density at radius 2 is 2.05 bits per heavy atom. The van der Waals surface area contributed by atoms with E-state index in [-0.39, 0.29) is 5.91 Å². The summed E-state index contributed by atoms with van der Waals surface area (Å²) in [6.07, 6.45) is 1.68. The molecule has 0 radical (unpaired) electrons. The van der Waals surface area contributed by atoms with Crippen LogP contribution in [-0.4, -0.2) is 10.9 Å². The molecule has 2 N–H and O–H groups in total. The maximum atomic E-state index is 12.2. The Balaban J connectivity index is 1.82. The maximum absolute atomic E-state index is 12.2. The highest BCUT2D eigenvalue weighted by atomic mass is 32.1. The summed E-state index contributed by atoms with van der Waals surface area (Å²) in [5.41, 5.74) is 1.58. The van der Waals surface area contributed by atoms with Crippen LogP contribution in [0.2, 0.25) is 0 Å². The molecule has 5 heteroatoms. The molecule has 1 aromatic carbocycles. The smallest absolute Gasteiger partial charge is 0.254 e. The number of carbonyl (C=O) groups excluding carboxylic acids is 1. The number of pyridine rings is 1. The topological polar surface area (TPSA) is 44.9 Å². The lowest BCUT2D eigenvalue weighted by Crippen LogP contribution is -2.23. The lowest BCUT2D eigenvalue weighted by atomic mass is 10.2. The first-order valence-electron chi connectivity index (χ1n) is 6.17. The molecule has 3 aromatic rings. The molecule has 3 nitrogen and oxygen atoms in total. The summed E-state index contributed by atoms with van der Waals surface area (Å²) < 4.78 is 0.602. The van der Waals surface area contributed by atoms with Crippen LogP contribution in [0.4, 0.5) is 0 Å². The predicted octanol–water partition coefficient (Wildman–Crippen LogP) is 3.89. The Hall–Kier alpha value is -1.98. The standard InChI is InChI=1S/C15H12N2OS2/c18-14(16-8-10-4-2-1-3-5-10)12-9-17-15-11(13(12)19)6-7-20-15/h1-7,9H,8H2,(H,16,18)(H,17,19). The molecule has 0 aliphatic heterocycles. The highest BCUT2D eigenvalue weighted by Gasteiger charge is 2.10. The number of aromatic amines is 1. The zero-order chi connectivity index (χ0) is 13.9. The van der Waals surface area contributed by atoms with Crippen molar-refractivity contribution in [2.75, 3.05) is 0 Å². The number of nitrogens with one attached hydrogen (secondary N) is 2. The van der Waals surface area contributed by atoms with E-state index in [0.29, 0.717) is 16.6 Å². The second-order valence-electron chi connectivity index (χ2n) is 4.36. The van der Waals surface area contributed by atoms with Crippen molar-refractivity contribution in [1.82, 2.24) is 10.3 Å². The summed E-state index contributed by atoms with van der Waals surface area (Å²) >= 11 is 6.96. The van der Waals surface area contributed by atoms with Crippen LogP contribution in [0.15, 0.2) is 48.0 Å². The first kappa shape index (κ1) is 13.0. The van der Waals surface area contributed by atoms with Gasteiger partial charge in [0.25, 0.3) is 5.91 Å². The molecule has 0 saturated carbocycles. The molecule has 0 aliphatic rings. The third kappa shape index (κ3) is 2.50. The lowest BCUT2D eigenvalue weighted by Gasteiger charge is -2.06. The van der Waals surface area contributed by atoms with Crippen molar-refractivity contribution in [3.8, 4) is 0 Å². The van der Waals surface area contributed by atoms with Gasteiger partial charge in [-0.1, -0.05) is 42.5 Å². The summed E-state index contributed by atoms with van der Waals surface area (Å²) in [6, 6.07) is 11.7. The average molecular weight is 300 g/mol. The number of amides is 1. The van der Waals surface area contributed by atoms with Gasteiger partial charge in [-0.25, -0.2) is 0 Å². The Morgan fingerprint density at radius 1 is 1.25 bits per heavy atom. The van der Waals surface area contributed by atoms with Crippen molar-refractivity contribution < 1.29 is 4.79 Å². The molecule has 0 unspecified atom stereocenters. The molecule has 1 amide bonds. The van der Waals surface area contributed by atoms with Crippen LogP contribution in [0.25, 0.3) is 10.2 Å². The van der Waals surface area contributed by atoms with Crippen molar-refractivity contribution in [2.45, 2.75) is 6.54 Å². The molecule has 3 rings (SSSR count). The Labute approximate surface area is 125 Å². The van der Waals surface area contributed by atoms with Gasteiger partial charge in [0.05, 0.1) is 10.1 Å². The van der Waals surface area contributed by atoms with Gasteiger partial charge < -0.3 is 10.3 Å². The zero-order valence-electron chi connectivity index (χ0n) is 10.6. The highest BCUT2D eigenvalue weighted by Crippen LogP contribution is 2.21. The fraction of sp³-hybridized carbons (Fsp3) is 0.0667. The van der Waals surface area contributed by atoms with Crippen molar-refractivity contribution in [3.05, 3.63) is 63.6 Å². The largest absolute Gasteiger partial charge is 0.352 e.